The lowest BCUT2D eigenvalue weighted by Crippen LogP contribution is -1.92. The molecule has 4 aromatic rings. The monoisotopic (exact) mass is 320 g/mol. The van der Waals surface area contributed by atoms with Crippen LogP contribution >= 0.6 is 0 Å². The number of aryl methyl sites for hydroxylation is 2. The lowest BCUT2D eigenvalue weighted by atomic mass is 10.2. The number of aromatic hydroxyl groups is 1. The average Bonchev–Trinajstić information content (AvgIpc) is 3.05. The lowest BCUT2D eigenvalue weighted by molar-refractivity contribution is 0.340. The Morgan fingerprint density at radius 3 is 2.67 bits per heavy atom. The zero-order chi connectivity index (χ0) is 16.8. The zero-order valence-electron chi connectivity index (χ0n) is 14.1. The van der Waals surface area contributed by atoms with Crippen LogP contribution in [0.5, 0.6) is 11.6 Å². The lowest BCUT2D eigenvalue weighted by Gasteiger charge is -2.06. The van der Waals surface area contributed by atoms with Gasteiger partial charge in [0.05, 0.1) is 6.61 Å². The Morgan fingerprint density at radius 1 is 1.04 bits per heavy atom. The number of aromatic nitrogens is 2. The van der Waals surface area contributed by atoms with Gasteiger partial charge in [-0.3, -0.25) is 4.57 Å². The maximum absolute atomic E-state index is 10.7. The second-order valence-electron chi connectivity index (χ2n) is 6.09. The molecule has 2 heterocycles. The molecule has 0 fully saturated rings. The van der Waals surface area contributed by atoms with Crippen LogP contribution in [0.15, 0.2) is 48.7 Å². The molecule has 2 aromatic heterocycles. The van der Waals surface area contributed by atoms with Crippen LogP contribution in [0.2, 0.25) is 0 Å². The first-order valence-corrected chi connectivity index (χ1v) is 8.12. The summed E-state index contributed by atoms with van der Waals surface area (Å²) in [5.74, 6) is 1.01. The maximum atomic E-state index is 10.7. The summed E-state index contributed by atoms with van der Waals surface area (Å²) < 4.78 is 9.52. The maximum Gasteiger partial charge on any atom is 0.203 e. The van der Waals surface area contributed by atoms with Gasteiger partial charge in [0, 0.05) is 46.3 Å². The topological polar surface area (TPSA) is 39.3 Å². The minimum Gasteiger partial charge on any atom is -0.494 e. The molecule has 0 unspecified atom stereocenters. The molecule has 2 aromatic carbocycles. The summed E-state index contributed by atoms with van der Waals surface area (Å²) in [6, 6.07) is 14.2. The molecule has 0 aliphatic rings. The predicted molar refractivity (Wildman–Crippen MR) is 97.3 cm³/mol. The zero-order valence-corrected chi connectivity index (χ0v) is 14.1. The standard InChI is InChI=1S/C20H20N2O2/c1-4-24-17-7-5-14-12-22(20(23)18(14)11-17)16-6-8-19-15(10-16)9-13(2)21(19)3/h5-12,23H,4H2,1-3H3. The fourth-order valence-corrected chi connectivity index (χ4v) is 3.25. The molecule has 24 heavy (non-hydrogen) atoms. The highest BCUT2D eigenvalue weighted by Gasteiger charge is 2.12. The van der Waals surface area contributed by atoms with Crippen molar-refractivity contribution >= 4 is 21.7 Å². The highest BCUT2D eigenvalue weighted by Crippen LogP contribution is 2.33. The van der Waals surface area contributed by atoms with Crippen molar-refractivity contribution in [1.29, 1.82) is 0 Å². The molecule has 122 valence electrons. The number of benzene rings is 2. The average molecular weight is 320 g/mol. The van der Waals surface area contributed by atoms with Gasteiger partial charge in [-0.05, 0) is 56.3 Å². The van der Waals surface area contributed by atoms with Crippen LogP contribution in [0.1, 0.15) is 12.6 Å². The van der Waals surface area contributed by atoms with Gasteiger partial charge in [0.1, 0.15) is 5.75 Å². The normalized spacial score (nSPS) is 11.5. The number of fused-ring (bicyclic) bond motifs is 2. The van der Waals surface area contributed by atoms with E-state index >= 15 is 0 Å². The van der Waals surface area contributed by atoms with Crippen molar-refractivity contribution in [2.75, 3.05) is 6.61 Å². The first-order valence-electron chi connectivity index (χ1n) is 8.12. The van der Waals surface area contributed by atoms with Gasteiger partial charge in [-0.15, -0.1) is 0 Å². The summed E-state index contributed by atoms with van der Waals surface area (Å²) in [5, 5.41) is 13.6. The molecule has 0 radical (unpaired) electrons. The van der Waals surface area contributed by atoms with E-state index in [-0.39, 0.29) is 5.88 Å². The van der Waals surface area contributed by atoms with E-state index in [1.165, 1.54) is 16.6 Å². The third-order valence-electron chi connectivity index (χ3n) is 4.62. The van der Waals surface area contributed by atoms with Crippen LogP contribution in [0, 0.1) is 6.92 Å². The second kappa shape index (κ2) is 5.34. The van der Waals surface area contributed by atoms with Crippen molar-refractivity contribution in [3.05, 3.63) is 54.4 Å². The van der Waals surface area contributed by atoms with Crippen LogP contribution < -0.4 is 4.74 Å². The summed E-state index contributed by atoms with van der Waals surface area (Å²) in [6.07, 6.45) is 1.96. The fraction of sp³-hybridized carbons (Fsp3) is 0.200. The number of ether oxygens (including phenoxy) is 1. The van der Waals surface area contributed by atoms with Gasteiger partial charge in [0.15, 0.2) is 0 Å². The molecule has 0 amide bonds. The Kier molecular flexibility index (Phi) is 3.27. The van der Waals surface area contributed by atoms with Crippen molar-refractivity contribution < 1.29 is 9.84 Å². The molecule has 0 bridgehead atoms. The second-order valence-corrected chi connectivity index (χ2v) is 6.09. The Morgan fingerprint density at radius 2 is 1.88 bits per heavy atom. The van der Waals surface area contributed by atoms with Crippen LogP contribution in [-0.2, 0) is 7.05 Å². The van der Waals surface area contributed by atoms with Crippen molar-refractivity contribution in [2.45, 2.75) is 13.8 Å². The largest absolute Gasteiger partial charge is 0.494 e. The molecular formula is C20H20N2O2. The van der Waals surface area contributed by atoms with Crippen molar-refractivity contribution in [2.24, 2.45) is 7.05 Å². The van der Waals surface area contributed by atoms with Gasteiger partial charge in [-0.2, -0.15) is 0 Å². The summed E-state index contributed by atoms with van der Waals surface area (Å²) in [6.45, 7) is 4.65. The quantitative estimate of drug-likeness (QED) is 0.602. The van der Waals surface area contributed by atoms with Crippen LogP contribution in [0.3, 0.4) is 0 Å². The van der Waals surface area contributed by atoms with E-state index in [0.717, 1.165) is 22.2 Å². The van der Waals surface area contributed by atoms with Gasteiger partial charge >= 0.3 is 0 Å². The van der Waals surface area contributed by atoms with E-state index in [1.807, 2.05) is 42.0 Å². The third-order valence-corrected chi connectivity index (χ3v) is 4.62. The first-order chi connectivity index (χ1) is 11.6. The van der Waals surface area contributed by atoms with Gasteiger partial charge in [-0.25, -0.2) is 0 Å². The number of hydrogen-bond acceptors (Lipinski definition) is 2. The molecule has 0 aliphatic heterocycles. The Labute approximate surface area is 140 Å². The van der Waals surface area contributed by atoms with E-state index in [9.17, 15) is 5.11 Å². The molecule has 0 aliphatic carbocycles. The highest BCUT2D eigenvalue weighted by molar-refractivity contribution is 5.91. The van der Waals surface area contributed by atoms with E-state index < -0.39 is 0 Å². The summed E-state index contributed by atoms with van der Waals surface area (Å²) in [4.78, 5) is 0. The van der Waals surface area contributed by atoms with Gasteiger partial charge < -0.3 is 14.4 Å². The van der Waals surface area contributed by atoms with Crippen LogP contribution in [0.25, 0.3) is 27.4 Å². The van der Waals surface area contributed by atoms with Crippen molar-refractivity contribution in [3.63, 3.8) is 0 Å². The Hall–Kier alpha value is -2.88. The van der Waals surface area contributed by atoms with Gasteiger partial charge in [0.25, 0.3) is 0 Å². The number of hydrogen-bond donors (Lipinski definition) is 1. The van der Waals surface area contributed by atoms with Crippen LogP contribution in [-0.4, -0.2) is 20.8 Å². The van der Waals surface area contributed by atoms with Gasteiger partial charge in [0.2, 0.25) is 5.88 Å². The van der Waals surface area contributed by atoms with Gasteiger partial charge in [-0.1, -0.05) is 0 Å². The Balaban J connectivity index is 1.88. The smallest absolute Gasteiger partial charge is 0.203 e. The molecule has 0 spiro atoms. The minimum absolute atomic E-state index is 0.235. The minimum atomic E-state index is 0.235. The summed E-state index contributed by atoms with van der Waals surface area (Å²) in [5.41, 5.74) is 3.34. The van der Waals surface area contributed by atoms with E-state index in [1.54, 1.807) is 0 Å². The van der Waals surface area contributed by atoms with E-state index in [0.29, 0.717) is 6.61 Å². The van der Waals surface area contributed by atoms with Crippen LogP contribution in [0.4, 0.5) is 0 Å². The predicted octanol–water partition coefficient (Wildman–Crippen LogP) is 4.53. The molecular weight excluding hydrogens is 300 g/mol. The molecule has 1 N–H and O–H groups in total. The fourth-order valence-electron chi connectivity index (χ4n) is 3.25. The summed E-state index contributed by atoms with van der Waals surface area (Å²) >= 11 is 0. The number of rotatable bonds is 3. The van der Waals surface area contributed by atoms with E-state index in [2.05, 4.69) is 36.7 Å². The third kappa shape index (κ3) is 2.14. The first kappa shape index (κ1) is 14.7. The SMILES string of the molecule is CCOc1ccc2cn(-c3ccc4c(c3)cc(C)n4C)c(O)c2c1. The summed E-state index contributed by atoms with van der Waals surface area (Å²) in [7, 11) is 2.06. The molecule has 4 rings (SSSR count). The number of nitrogens with zero attached hydrogens (tertiary/aromatic N) is 2. The van der Waals surface area contributed by atoms with E-state index in [4.69, 9.17) is 4.74 Å². The molecule has 0 saturated carbocycles. The van der Waals surface area contributed by atoms with Crippen molar-refractivity contribution in [3.8, 4) is 17.3 Å². The molecule has 0 atom stereocenters. The van der Waals surface area contributed by atoms with Crippen molar-refractivity contribution in [1.82, 2.24) is 9.13 Å². The molecule has 4 nitrogen and oxygen atoms in total. The molecule has 4 heteroatoms. The Bertz CT molecular complexity index is 1060. The highest BCUT2D eigenvalue weighted by atomic mass is 16.5. The molecule has 0 saturated heterocycles.